The van der Waals surface area contributed by atoms with Crippen LogP contribution in [0.15, 0.2) is 0 Å². The van der Waals surface area contributed by atoms with Crippen LogP contribution in [0.5, 0.6) is 0 Å². The van der Waals surface area contributed by atoms with Gasteiger partial charge in [0.25, 0.3) is 0 Å². The van der Waals surface area contributed by atoms with Crippen molar-refractivity contribution in [2.75, 3.05) is 6.61 Å². The van der Waals surface area contributed by atoms with Gasteiger partial charge in [0.05, 0.1) is 12.7 Å². The largest absolute Gasteiger partial charge is 0.457 e. The molecule has 122 valence electrons. The van der Waals surface area contributed by atoms with Gasteiger partial charge in [0, 0.05) is 6.92 Å². The Bertz CT molecular complexity index is 342. The maximum absolute atomic E-state index is 11.2. The molecule has 1 aliphatic heterocycles. The molecule has 1 aliphatic carbocycles. The molecule has 4 nitrogen and oxygen atoms in total. The van der Waals surface area contributed by atoms with Crippen molar-refractivity contribution in [2.24, 2.45) is 17.8 Å². The standard InChI is InChI=1S/C17H30O4/c1-11(2)14-8-7-12(3)10-16(14)21-17-15(20-13(4)18)6-5-9-19-17/h11-12,14-17H,5-10H2,1-4H3/t12-,14+,15?,16-,17?/m1/s1. The topological polar surface area (TPSA) is 44.8 Å². The summed E-state index contributed by atoms with van der Waals surface area (Å²) >= 11 is 0. The Balaban J connectivity index is 1.99. The van der Waals surface area contributed by atoms with Crippen LogP contribution >= 0.6 is 0 Å². The first kappa shape index (κ1) is 16.8. The Hall–Kier alpha value is -0.610. The molecule has 2 fully saturated rings. The molecular formula is C17H30O4. The number of esters is 1. The molecule has 0 N–H and O–H groups in total. The van der Waals surface area contributed by atoms with Gasteiger partial charge in [-0.25, -0.2) is 0 Å². The van der Waals surface area contributed by atoms with Gasteiger partial charge in [-0.1, -0.05) is 27.2 Å². The van der Waals surface area contributed by atoms with Gasteiger partial charge in [0.1, 0.15) is 0 Å². The summed E-state index contributed by atoms with van der Waals surface area (Å²) in [6.45, 7) is 8.96. The van der Waals surface area contributed by atoms with Crippen molar-refractivity contribution < 1.29 is 19.0 Å². The Labute approximate surface area is 128 Å². The molecule has 2 unspecified atom stereocenters. The van der Waals surface area contributed by atoms with E-state index in [1.54, 1.807) is 0 Å². The highest BCUT2D eigenvalue weighted by molar-refractivity contribution is 5.66. The lowest BCUT2D eigenvalue weighted by atomic mass is 9.75. The average Bonchev–Trinajstić information content (AvgIpc) is 2.40. The zero-order valence-corrected chi connectivity index (χ0v) is 13.8. The number of carbonyl (C=O) groups is 1. The summed E-state index contributed by atoms with van der Waals surface area (Å²) in [6, 6.07) is 0. The zero-order valence-electron chi connectivity index (χ0n) is 13.8. The Morgan fingerprint density at radius 2 is 1.95 bits per heavy atom. The molecule has 0 aromatic carbocycles. The van der Waals surface area contributed by atoms with E-state index in [1.807, 2.05) is 0 Å². The van der Waals surface area contributed by atoms with Crippen LogP contribution < -0.4 is 0 Å². The highest BCUT2D eigenvalue weighted by Crippen LogP contribution is 2.37. The quantitative estimate of drug-likeness (QED) is 0.745. The van der Waals surface area contributed by atoms with Crippen LogP contribution in [-0.2, 0) is 19.0 Å². The van der Waals surface area contributed by atoms with Gasteiger partial charge in [-0.05, 0) is 43.4 Å². The van der Waals surface area contributed by atoms with Gasteiger partial charge >= 0.3 is 5.97 Å². The molecule has 5 atom stereocenters. The predicted molar refractivity (Wildman–Crippen MR) is 80.7 cm³/mol. The summed E-state index contributed by atoms with van der Waals surface area (Å²) in [5.41, 5.74) is 0. The SMILES string of the molecule is CC(=O)OC1CCCOC1O[C@@H]1C[C@H](C)CC[C@H]1C(C)C. The van der Waals surface area contributed by atoms with Crippen molar-refractivity contribution in [1.82, 2.24) is 0 Å². The third kappa shape index (κ3) is 4.68. The van der Waals surface area contributed by atoms with E-state index >= 15 is 0 Å². The number of hydrogen-bond donors (Lipinski definition) is 0. The van der Waals surface area contributed by atoms with Crippen molar-refractivity contribution in [3.05, 3.63) is 0 Å². The first-order chi connectivity index (χ1) is 9.97. The molecule has 4 heteroatoms. The number of rotatable bonds is 4. The van der Waals surface area contributed by atoms with E-state index in [2.05, 4.69) is 20.8 Å². The number of hydrogen-bond acceptors (Lipinski definition) is 4. The van der Waals surface area contributed by atoms with Gasteiger partial charge in [0.15, 0.2) is 12.4 Å². The molecule has 1 saturated carbocycles. The van der Waals surface area contributed by atoms with Gasteiger partial charge < -0.3 is 14.2 Å². The first-order valence-electron chi connectivity index (χ1n) is 8.41. The molecule has 0 bridgehead atoms. The summed E-state index contributed by atoms with van der Waals surface area (Å²) in [5, 5.41) is 0. The molecule has 1 heterocycles. The fraction of sp³-hybridized carbons (Fsp3) is 0.941. The fourth-order valence-corrected chi connectivity index (χ4v) is 3.63. The average molecular weight is 298 g/mol. The Morgan fingerprint density at radius 1 is 1.19 bits per heavy atom. The highest BCUT2D eigenvalue weighted by Gasteiger charge is 2.37. The Kier molecular flexibility index (Phi) is 6.06. The lowest BCUT2D eigenvalue weighted by molar-refractivity contribution is -0.255. The summed E-state index contributed by atoms with van der Waals surface area (Å²) in [6.07, 6.45) is 4.91. The normalized spacial score (nSPS) is 37.5. The molecule has 0 aromatic heterocycles. The maximum atomic E-state index is 11.2. The lowest BCUT2D eigenvalue weighted by Gasteiger charge is -2.41. The summed E-state index contributed by atoms with van der Waals surface area (Å²) in [7, 11) is 0. The van der Waals surface area contributed by atoms with Crippen molar-refractivity contribution in [3.63, 3.8) is 0 Å². The number of carbonyl (C=O) groups excluding carboxylic acids is 1. The lowest BCUT2D eigenvalue weighted by Crippen LogP contribution is -2.45. The monoisotopic (exact) mass is 298 g/mol. The van der Waals surface area contributed by atoms with Gasteiger partial charge in [-0.2, -0.15) is 0 Å². The van der Waals surface area contributed by atoms with Gasteiger partial charge in [0.2, 0.25) is 0 Å². The van der Waals surface area contributed by atoms with Crippen molar-refractivity contribution >= 4 is 5.97 Å². The third-order valence-electron chi connectivity index (χ3n) is 4.81. The summed E-state index contributed by atoms with van der Waals surface area (Å²) < 4.78 is 17.4. The predicted octanol–water partition coefficient (Wildman–Crippen LogP) is 3.53. The van der Waals surface area contributed by atoms with Crippen LogP contribution in [0.2, 0.25) is 0 Å². The molecule has 0 radical (unpaired) electrons. The molecule has 21 heavy (non-hydrogen) atoms. The van der Waals surface area contributed by atoms with Crippen molar-refractivity contribution in [1.29, 1.82) is 0 Å². The van der Waals surface area contributed by atoms with E-state index in [1.165, 1.54) is 19.8 Å². The Morgan fingerprint density at radius 3 is 2.62 bits per heavy atom. The van der Waals surface area contributed by atoms with Crippen LogP contribution in [0.25, 0.3) is 0 Å². The second kappa shape index (κ2) is 7.59. The second-order valence-corrected chi connectivity index (χ2v) is 7.03. The molecule has 0 spiro atoms. The minimum atomic E-state index is -0.390. The van der Waals surface area contributed by atoms with Crippen LogP contribution in [0.4, 0.5) is 0 Å². The molecular weight excluding hydrogens is 268 g/mol. The minimum absolute atomic E-state index is 0.218. The second-order valence-electron chi connectivity index (χ2n) is 7.03. The van der Waals surface area contributed by atoms with Crippen LogP contribution in [-0.4, -0.2) is 31.1 Å². The van der Waals surface area contributed by atoms with Gasteiger partial charge in [-0.3, -0.25) is 4.79 Å². The zero-order chi connectivity index (χ0) is 15.4. The van der Waals surface area contributed by atoms with Crippen molar-refractivity contribution in [3.8, 4) is 0 Å². The third-order valence-corrected chi connectivity index (χ3v) is 4.81. The van der Waals surface area contributed by atoms with Crippen molar-refractivity contribution in [2.45, 2.75) is 78.3 Å². The molecule has 2 aliphatic rings. The summed E-state index contributed by atoms with van der Waals surface area (Å²) in [4.78, 5) is 11.2. The van der Waals surface area contributed by atoms with E-state index in [0.717, 1.165) is 19.3 Å². The van der Waals surface area contributed by atoms with Crippen LogP contribution in [0, 0.1) is 17.8 Å². The molecule has 0 amide bonds. The van der Waals surface area contributed by atoms with Crippen LogP contribution in [0.1, 0.15) is 59.8 Å². The van der Waals surface area contributed by atoms with Gasteiger partial charge in [-0.15, -0.1) is 0 Å². The fourth-order valence-electron chi connectivity index (χ4n) is 3.63. The van der Waals surface area contributed by atoms with E-state index in [0.29, 0.717) is 24.4 Å². The number of ether oxygens (including phenoxy) is 3. The van der Waals surface area contributed by atoms with E-state index in [9.17, 15) is 4.79 Å². The van der Waals surface area contributed by atoms with E-state index in [4.69, 9.17) is 14.2 Å². The van der Waals surface area contributed by atoms with Crippen LogP contribution in [0.3, 0.4) is 0 Å². The van der Waals surface area contributed by atoms with E-state index in [-0.39, 0.29) is 24.5 Å². The maximum Gasteiger partial charge on any atom is 0.303 e. The smallest absolute Gasteiger partial charge is 0.303 e. The minimum Gasteiger partial charge on any atom is -0.457 e. The summed E-state index contributed by atoms with van der Waals surface area (Å²) in [5.74, 6) is 1.63. The molecule has 2 rings (SSSR count). The molecule has 0 aromatic rings. The molecule has 1 saturated heterocycles. The highest BCUT2D eigenvalue weighted by atomic mass is 16.7. The first-order valence-corrected chi connectivity index (χ1v) is 8.41. The van der Waals surface area contributed by atoms with E-state index < -0.39 is 0 Å².